The SMILES string of the molecule is OC1CN(Cc2c(F)cccc2F)C1. The van der Waals surface area contributed by atoms with Crippen molar-refractivity contribution in [3.8, 4) is 0 Å². The molecule has 0 aromatic heterocycles. The first-order valence-corrected chi connectivity index (χ1v) is 4.50. The molecule has 0 atom stereocenters. The number of rotatable bonds is 2. The second kappa shape index (κ2) is 3.63. The maximum atomic E-state index is 13.1. The minimum absolute atomic E-state index is 0.0828. The normalized spacial score (nSPS) is 18.2. The fraction of sp³-hybridized carbons (Fsp3) is 0.400. The zero-order valence-electron chi connectivity index (χ0n) is 7.58. The minimum Gasteiger partial charge on any atom is -0.390 e. The van der Waals surface area contributed by atoms with Gasteiger partial charge in [0.15, 0.2) is 0 Å². The molecule has 0 bridgehead atoms. The lowest BCUT2D eigenvalue weighted by molar-refractivity contribution is -0.00402. The van der Waals surface area contributed by atoms with Gasteiger partial charge in [-0.15, -0.1) is 0 Å². The van der Waals surface area contributed by atoms with Crippen LogP contribution in [0.3, 0.4) is 0 Å². The van der Waals surface area contributed by atoms with E-state index < -0.39 is 11.6 Å². The molecule has 1 aromatic carbocycles. The van der Waals surface area contributed by atoms with Crippen molar-refractivity contribution < 1.29 is 13.9 Å². The highest BCUT2D eigenvalue weighted by Gasteiger charge is 2.25. The number of hydrogen-bond acceptors (Lipinski definition) is 2. The molecule has 14 heavy (non-hydrogen) atoms. The predicted octanol–water partition coefficient (Wildman–Crippen LogP) is 1.14. The third kappa shape index (κ3) is 1.76. The molecule has 2 nitrogen and oxygen atoms in total. The topological polar surface area (TPSA) is 23.5 Å². The van der Waals surface area contributed by atoms with Crippen LogP contribution in [0.25, 0.3) is 0 Å². The Hall–Kier alpha value is -1.00. The van der Waals surface area contributed by atoms with Crippen molar-refractivity contribution in [2.24, 2.45) is 0 Å². The second-order valence-corrected chi connectivity index (χ2v) is 3.55. The van der Waals surface area contributed by atoms with Gasteiger partial charge in [-0.05, 0) is 12.1 Å². The van der Waals surface area contributed by atoms with Crippen molar-refractivity contribution in [2.45, 2.75) is 12.6 Å². The van der Waals surface area contributed by atoms with Gasteiger partial charge < -0.3 is 5.11 Å². The molecule has 0 unspecified atom stereocenters. The molecule has 1 heterocycles. The molecule has 1 aromatic rings. The van der Waals surface area contributed by atoms with E-state index >= 15 is 0 Å². The van der Waals surface area contributed by atoms with Crippen LogP contribution in [0.5, 0.6) is 0 Å². The Morgan fingerprint density at radius 2 is 1.86 bits per heavy atom. The molecule has 4 heteroatoms. The molecule has 0 aliphatic carbocycles. The lowest BCUT2D eigenvalue weighted by Crippen LogP contribution is -2.50. The first-order valence-electron chi connectivity index (χ1n) is 4.50. The first kappa shape index (κ1) is 9.55. The molecule has 0 radical (unpaired) electrons. The summed E-state index contributed by atoms with van der Waals surface area (Å²) in [6.07, 6.45) is -0.343. The van der Waals surface area contributed by atoms with E-state index in [1.54, 1.807) is 4.90 Å². The fourth-order valence-corrected chi connectivity index (χ4v) is 1.58. The number of halogens is 2. The van der Waals surface area contributed by atoms with E-state index in [0.29, 0.717) is 13.1 Å². The number of aliphatic hydroxyl groups excluding tert-OH is 1. The molecule has 0 amide bonds. The van der Waals surface area contributed by atoms with Crippen LogP contribution in [0.1, 0.15) is 5.56 Å². The zero-order chi connectivity index (χ0) is 10.1. The Morgan fingerprint density at radius 3 is 2.36 bits per heavy atom. The number of β-amino-alcohol motifs (C(OH)–C–C–N with tert-alkyl or cyclic N) is 1. The summed E-state index contributed by atoms with van der Waals surface area (Å²) in [5.41, 5.74) is 0.0828. The van der Waals surface area contributed by atoms with Gasteiger partial charge in [0, 0.05) is 25.2 Å². The van der Waals surface area contributed by atoms with Crippen molar-refractivity contribution in [3.05, 3.63) is 35.4 Å². The maximum Gasteiger partial charge on any atom is 0.130 e. The van der Waals surface area contributed by atoms with Crippen molar-refractivity contribution in [1.82, 2.24) is 4.90 Å². The van der Waals surface area contributed by atoms with E-state index in [1.165, 1.54) is 18.2 Å². The molecule has 0 spiro atoms. The third-order valence-electron chi connectivity index (χ3n) is 2.38. The monoisotopic (exact) mass is 199 g/mol. The van der Waals surface area contributed by atoms with Crippen LogP contribution in [0.2, 0.25) is 0 Å². The molecule has 1 fully saturated rings. The molecular weight excluding hydrogens is 188 g/mol. The summed E-state index contributed by atoms with van der Waals surface area (Å²) in [6.45, 7) is 1.22. The minimum atomic E-state index is -0.522. The molecule has 1 aliphatic rings. The quantitative estimate of drug-likeness (QED) is 0.772. The van der Waals surface area contributed by atoms with E-state index in [2.05, 4.69) is 0 Å². The van der Waals surface area contributed by atoms with Crippen molar-refractivity contribution in [3.63, 3.8) is 0 Å². The van der Waals surface area contributed by atoms with E-state index in [9.17, 15) is 8.78 Å². The zero-order valence-corrected chi connectivity index (χ0v) is 7.58. The Labute approximate surface area is 80.8 Å². The van der Waals surface area contributed by atoms with Crippen molar-refractivity contribution >= 4 is 0 Å². The molecule has 1 N–H and O–H groups in total. The Balaban J connectivity index is 2.09. The van der Waals surface area contributed by atoms with E-state index in [0.717, 1.165) is 0 Å². The van der Waals surface area contributed by atoms with Crippen LogP contribution in [0.4, 0.5) is 8.78 Å². The maximum absolute atomic E-state index is 13.1. The van der Waals surface area contributed by atoms with Gasteiger partial charge in [-0.25, -0.2) is 8.78 Å². The highest BCUT2D eigenvalue weighted by Crippen LogP contribution is 2.18. The van der Waals surface area contributed by atoms with Gasteiger partial charge in [-0.3, -0.25) is 4.90 Å². The standard InChI is InChI=1S/C10H11F2NO/c11-9-2-1-3-10(12)8(9)6-13-4-7(14)5-13/h1-3,7,14H,4-6H2. The number of nitrogens with zero attached hydrogens (tertiary/aromatic N) is 1. The highest BCUT2D eigenvalue weighted by atomic mass is 19.1. The van der Waals surface area contributed by atoms with Gasteiger partial charge in [0.05, 0.1) is 6.10 Å². The van der Waals surface area contributed by atoms with Crippen LogP contribution in [0, 0.1) is 11.6 Å². The number of benzene rings is 1. The van der Waals surface area contributed by atoms with Crippen LogP contribution >= 0.6 is 0 Å². The molecule has 76 valence electrons. The molecule has 1 saturated heterocycles. The van der Waals surface area contributed by atoms with Crippen molar-refractivity contribution in [2.75, 3.05) is 13.1 Å². The summed E-state index contributed by atoms with van der Waals surface area (Å²) in [7, 11) is 0. The highest BCUT2D eigenvalue weighted by molar-refractivity contribution is 5.19. The van der Waals surface area contributed by atoms with E-state index in [4.69, 9.17) is 5.11 Å². The van der Waals surface area contributed by atoms with Gasteiger partial charge >= 0.3 is 0 Å². The number of aliphatic hydroxyl groups is 1. The summed E-state index contributed by atoms with van der Waals surface area (Å²) in [5.74, 6) is -1.04. The van der Waals surface area contributed by atoms with Gasteiger partial charge in [0.2, 0.25) is 0 Å². The lowest BCUT2D eigenvalue weighted by atomic mass is 10.1. The summed E-state index contributed by atoms with van der Waals surface area (Å²) < 4.78 is 26.3. The summed E-state index contributed by atoms with van der Waals surface area (Å²) in [6, 6.07) is 3.84. The largest absolute Gasteiger partial charge is 0.390 e. The number of hydrogen-bond donors (Lipinski definition) is 1. The smallest absolute Gasteiger partial charge is 0.130 e. The Bertz CT molecular complexity index is 317. The number of likely N-dealkylation sites (tertiary alicyclic amines) is 1. The summed E-state index contributed by atoms with van der Waals surface area (Å²) >= 11 is 0. The van der Waals surface area contributed by atoms with Gasteiger partial charge in [-0.1, -0.05) is 6.07 Å². The van der Waals surface area contributed by atoms with Gasteiger partial charge in [0.25, 0.3) is 0 Å². The van der Waals surface area contributed by atoms with E-state index in [1.807, 2.05) is 0 Å². The Morgan fingerprint density at radius 1 is 1.29 bits per heavy atom. The molecule has 0 saturated carbocycles. The average molecular weight is 199 g/mol. The first-order chi connectivity index (χ1) is 6.66. The molecule has 1 aliphatic heterocycles. The van der Waals surface area contributed by atoms with Gasteiger partial charge in [-0.2, -0.15) is 0 Å². The molecule has 2 rings (SSSR count). The van der Waals surface area contributed by atoms with Crippen LogP contribution in [-0.2, 0) is 6.54 Å². The predicted molar refractivity (Wildman–Crippen MR) is 47.6 cm³/mol. The van der Waals surface area contributed by atoms with Crippen molar-refractivity contribution in [1.29, 1.82) is 0 Å². The van der Waals surface area contributed by atoms with Crippen LogP contribution < -0.4 is 0 Å². The Kier molecular flexibility index (Phi) is 2.48. The van der Waals surface area contributed by atoms with Crippen LogP contribution in [0.15, 0.2) is 18.2 Å². The lowest BCUT2D eigenvalue weighted by Gasteiger charge is -2.35. The summed E-state index contributed by atoms with van der Waals surface area (Å²) in [5, 5.41) is 9.01. The van der Waals surface area contributed by atoms with E-state index in [-0.39, 0.29) is 18.2 Å². The fourth-order valence-electron chi connectivity index (χ4n) is 1.58. The summed E-state index contributed by atoms with van der Waals surface area (Å²) in [4.78, 5) is 1.80. The van der Waals surface area contributed by atoms with Crippen LogP contribution in [-0.4, -0.2) is 29.2 Å². The average Bonchev–Trinajstić information content (AvgIpc) is 2.08. The van der Waals surface area contributed by atoms with Gasteiger partial charge in [0.1, 0.15) is 11.6 Å². The second-order valence-electron chi connectivity index (χ2n) is 3.55. The third-order valence-corrected chi connectivity index (χ3v) is 2.38. The molecular formula is C10H11F2NO.